The molecule has 6 aliphatic rings. The van der Waals surface area contributed by atoms with Crippen LogP contribution in [0.15, 0.2) is 52.6 Å². The van der Waals surface area contributed by atoms with Gasteiger partial charge in [0.25, 0.3) is 0 Å². The summed E-state index contributed by atoms with van der Waals surface area (Å²) >= 11 is 0. The van der Waals surface area contributed by atoms with Crippen LogP contribution >= 0.6 is 21.6 Å². The van der Waals surface area contributed by atoms with Crippen molar-refractivity contribution in [2.75, 3.05) is 31.3 Å². The van der Waals surface area contributed by atoms with E-state index in [9.17, 15) is 15.0 Å². The SMILES string of the molecule is CC(C)Cc1cccc(C2C=CC3CCC4=C5CC6CC(CO)C(CCCO)C5(CC4=O)C6(C)CCSSCC34NC(N)=NCC24)c1. The maximum atomic E-state index is 14.3. The number of allylic oxidation sites excluding steroid dienone is 3. The molecular formula is C39H55N3O3S2. The largest absolute Gasteiger partial charge is 0.396 e. The van der Waals surface area contributed by atoms with Crippen molar-refractivity contribution >= 4 is 33.3 Å². The number of rotatable bonds is 7. The lowest BCUT2D eigenvalue weighted by atomic mass is 9.47. The Hall–Kier alpha value is -1.74. The number of nitrogens with zero attached hydrogens (tertiary/aromatic N) is 1. The van der Waals surface area contributed by atoms with Crippen molar-refractivity contribution in [3.8, 4) is 0 Å². The Balaban J connectivity index is 1.28. The van der Waals surface area contributed by atoms with Crippen molar-refractivity contribution in [3.63, 3.8) is 0 Å². The van der Waals surface area contributed by atoms with E-state index in [1.807, 2.05) is 21.6 Å². The number of hydrogen-bond donors (Lipinski definition) is 4. The predicted molar refractivity (Wildman–Crippen MR) is 195 cm³/mol. The van der Waals surface area contributed by atoms with E-state index in [-0.39, 0.29) is 59.2 Å². The highest BCUT2D eigenvalue weighted by atomic mass is 33.1. The molecule has 5 N–H and O–H groups in total. The van der Waals surface area contributed by atoms with Gasteiger partial charge in [-0.3, -0.25) is 9.79 Å². The number of aliphatic hydroxyl groups is 2. The summed E-state index contributed by atoms with van der Waals surface area (Å²) in [6.07, 6.45) is 13.0. The molecule has 0 amide bonds. The Morgan fingerprint density at radius 1 is 1.19 bits per heavy atom. The maximum Gasteiger partial charge on any atom is 0.189 e. The number of aliphatic hydroxyl groups excluding tert-OH is 2. The zero-order valence-electron chi connectivity index (χ0n) is 28.5. The molecule has 0 radical (unpaired) electrons. The lowest BCUT2D eigenvalue weighted by molar-refractivity contribution is -0.125. The highest BCUT2D eigenvalue weighted by Gasteiger charge is 2.69. The quantitative estimate of drug-likeness (QED) is 0.189. The first-order chi connectivity index (χ1) is 22.7. The van der Waals surface area contributed by atoms with Crippen LogP contribution in [0.3, 0.4) is 0 Å². The highest BCUT2D eigenvalue weighted by Crippen LogP contribution is 2.75. The number of ketones is 1. The second-order valence-electron chi connectivity index (χ2n) is 16.2. The minimum Gasteiger partial charge on any atom is -0.396 e. The third-order valence-corrected chi connectivity index (χ3v) is 16.1. The van der Waals surface area contributed by atoms with Gasteiger partial charge >= 0.3 is 0 Å². The molecule has 1 aromatic carbocycles. The fraction of sp³-hybridized carbons (Fsp3) is 0.692. The van der Waals surface area contributed by atoms with Gasteiger partial charge in [0.15, 0.2) is 11.7 Å². The highest BCUT2D eigenvalue weighted by molar-refractivity contribution is 8.76. The van der Waals surface area contributed by atoms with E-state index in [0.29, 0.717) is 36.5 Å². The number of benzene rings is 1. The van der Waals surface area contributed by atoms with E-state index < -0.39 is 0 Å². The van der Waals surface area contributed by atoms with E-state index in [1.165, 1.54) is 16.7 Å². The van der Waals surface area contributed by atoms with E-state index in [4.69, 9.17) is 10.7 Å². The molecule has 1 aromatic rings. The first kappa shape index (κ1) is 33.7. The number of hydrogen-bond acceptors (Lipinski definition) is 8. The van der Waals surface area contributed by atoms with Crippen LogP contribution in [-0.4, -0.2) is 58.8 Å². The zero-order chi connectivity index (χ0) is 33.0. The Morgan fingerprint density at radius 2 is 2.04 bits per heavy atom. The molecule has 0 aromatic heterocycles. The van der Waals surface area contributed by atoms with Crippen LogP contribution in [-0.2, 0) is 11.2 Å². The molecule has 2 aliphatic heterocycles. The molecule has 2 spiro atoms. The number of aliphatic imine (C=N–C) groups is 1. The van der Waals surface area contributed by atoms with Crippen LogP contribution in [0.4, 0.5) is 0 Å². The van der Waals surface area contributed by atoms with Crippen molar-refractivity contribution in [1.82, 2.24) is 5.32 Å². The standard InChI is InChI=1S/C39H55N3O3S2/c1-24(2)16-25-6-4-7-26(17-25)30-11-9-28-10-12-31-33-19-29-18-27(22-44)32(8-5-14-43)38(33,20-35(31)45)37(29,3)13-15-46-47-23-39(28)34(30)21-41-36(40)42-39/h4,6-7,9,11,17,24,27-30,32,34,43-44H,5,8,10,12-16,18-23H2,1-3H3,(H3,40,41,42). The molecule has 0 saturated heterocycles. The summed E-state index contributed by atoms with van der Waals surface area (Å²) in [7, 11) is 3.99. The summed E-state index contributed by atoms with van der Waals surface area (Å²) in [6, 6.07) is 9.19. The Kier molecular flexibility index (Phi) is 9.47. The molecular weight excluding hydrogens is 623 g/mol. The summed E-state index contributed by atoms with van der Waals surface area (Å²) < 4.78 is 0. The van der Waals surface area contributed by atoms with Gasteiger partial charge in [-0.05, 0) is 97.2 Å². The zero-order valence-corrected chi connectivity index (χ0v) is 30.2. The van der Waals surface area contributed by atoms with Crippen LogP contribution in [0.1, 0.15) is 89.2 Å². The van der Waals surface area contributed by atoms with Crippen molar-refractivity contribution in [2.45, 2.75) is 90.0 Å². The summed E-state index contributed by atoms with van der Waals surface area (Å²) in [5.74, 6) is 5.18. The molecule has 47 heavy (non-hydrogen) atoms. The van der Waals surface area contributed by atoms with Gasteiger partial charge in [-0.25, -0.2) is 0 Å². The first-order valence-corrected chi connectivity index (χ1v) is 20.7. The van der Waals surface area contributed by atoms with Gasteiger partial charge in [-0.2, -0.15) is 0 Å². The molecule has 7 rings (SSSR count). The minimum absolute atomic E-state index is 0.0346. The molecule has 9 atom stereocenters. The Bertz CT molecular complexity index is 1460. The van der Waals surface area contributed by atoms with Gasteiger partial charge in [-0.1, -0.05) is 84.3 Å². The fourth-order valence-electron chi connectivity index (χ4n) is 11.5. The van der Waals surface area contributed by atoms with Gasteiger partial charge in [0, 0.05) is 60.9 Å². The van der Waals surface area contributed by atoms with Crippen LogP contribution in [0, 0.1) is 46.3 Å². The van der Waals surface area contributed by atoms with Crippen molar-refractivity contribution < 1.29 is 15.0 Å². The number of carbonyl (C=O) groups excluding carboxylic acids is 1. The number of guanidine groups is 1. The molecule has 2 saturated carbocycles. The molecule has 256 valence electrons. The molecule has 6 nitrogen and oxygen atoms in total. The van der Waals surface area contributed by atoms with Crippen molar-refractivity contribution in [2.24, 2.45) is 57.1 Å². The third kappa shape index (κ3) is 5.47. The first-order valence-electron chi connectivity index (χ1n) is 18.2. The van der Waals surface area contributed by atoms with Gasteiger partial charge in [-0.15, -0.1) is 0 Å². The van der Waals surface area contributed by atoms with Crippen LogP contribution in [0.2, 0.25) is 0 Å². The number of nitrogens with one attached hydrogen (secondary N) is 1. The molecule has 8 heteroatoms. The number of Topliss-reactive ketones (excluding diaryl/α,β-unsaturated/α-hetero) is 1. The molecule has 2 fully saturated rings. The van der Waals surface area contributed by atoms with Crippen LogP contribution in [0.5, 0.6) is 0 Å². The monoisotopic (exact) mass is 677 g/mol. The Labute approximate surface area is 289 Å². The molecule has 9 unspecified atom stereocenters. The average molecular weight is 678 g/mol. The number of carbonyl (C=O) groups is 1. The predicted octanol–water partition coefficient (Wildman–Crippen LogP) is 6.68. The van der Waals surface area contributed by atoms with Gasteiger partial charge < -0.3 is 21.3 Å². The fourth-order valence-corrected chi connectivity index (χ4v) is 14.4. The minimum atomic E-state index is -0.250. The lowest BCUT2D eigenvalue weighted by Crippen LogP contribution is -2.67. The van der Waals surface area contributed by atoms with E-state index in [1.54, 1.807) is 0 Å². The normalized spacial score (nSPS) is 39.8. The smallest absolute Gasteiger partial charge is 0.189 e. The average Bonchev–Trinajstić information content (AvgIpc) is 3.38. The maximum absolute atomic E-state index is 14.3. The summed E-state index contributed by atoms with van der Waals surface area (Å²) in [4.78, 5) is 19.0. The van der Waals surface area contributed by atoms with E-state index in [0.717, 1.165) is 68.4 Å². The lowest BCUT2D eigenvalue weighted by Gasteiger charge is -2.57. The van der Waals surface area contributed by atoms with Crippen LogP contribution in [0.25, 0.3) is 0 Å². The van der Waals surface area contributed by atoms with Gasteiger partial charge in [0.05, 0.1) is 5.54 Å². The summed E-state index contributed by atoms with van der Waals surface area (Å²) in [6.45, 7) is 8.10. The summed E-state index contributed by atoms with van der Waals surface area (Å²) in [5.41, 5.74) is 11.4. The molecule has 5 bridgehead atoms. The third-order valence-electron chi connectivity index (χ3n) is 13.6. The van der Waals surface area contributed by atoms with Gasteiger partial charge in [0.2, 0.25) is 0 Å². The number of nitrogens with two attached hydrogens (primary N) is 1. The van der Waals surface area contributed by atoms with Gasteiger partial charge in [0.1, 0.15) is 0 Å². The molecule has 4 aliphatic carbocycles. The second kappa shape index (κ2) is 13.2. The molecule has 2 heterocycles. The Morgan fingerprint density at radius 3 is 2.83 bits per heavy atom. The topological polar surface area (TPSA) is 108 Å². The van der Waals surface area contributed by atoms with Crippen molar-refractivity contribution in [1.29, 1.82) is 0 Å². The van der Waals surface area contributed by atoms with Crippen LogP contribution < -0.4 is 11.1 Å². The van der Waals surface area contributed by atoms with Crippen molar-refractivity contribution in [3.05, 3.63) is 58.7 Å². The summed E-state index contributed by atoms with van der Waals surface area (Å²) in [5, 5.41) is 24.3. The second-order valence-corrected chi connectivity index (χ2v) is 18.8. The van der Waals surface area contributed by atoms with E-state index in [2.05, 4.69) is 62.5 Å². The van der Waals surface area contributed by atoms with E-state index >= 15 is 0 Å².